The van der Waals surface area contributed by atoms with Gasteiger partial charge in [0.05, 0.1) is 20.8 Å². The van der Waals surface area contributed by atoms with Crippen LogP contribution in [0.4, 0.5) is 4.39 Å². The molecular weight excluding hydrogens is 425 g/mol. The summed E-state index contributed by atoms with van der Waals surface area (Å²) in [4.78, 5) is 14.4. The molecular formula is C21H26FN3O5S. The summed E-state index contributed by atoms with van der Waals surface area (Å²) in [6.45, 7) is 1.87. The van der Waals surface area contributed by atoms with Gasteiger partial charge in [0.15, 0.2) is 0 Å². The maximum Gasteiger partial charge on any atom is 0.247 e. The van der Waals surface area contributed by atoms with Gasteiger partial charge in [0, 0.05) is 38.8 Å². The highest BCUT2D eigenvalue weighted by Crippen LogP contribution is 2.31. The number of hydrogen-bond donors (Lipinski definition) is 1. The second kappa shape index (κ2) is 10.1. The summed E-state index contributed by atoms with van der Waals surface area (Å²) >= 11 is 0. The third kappa shape index (κ3) is 5.52. The van der Waals surface area contributed by atoms with Gasteiger partial charge in [-0.25, -0.2) is 12.8 Å². The highest BCUT2D eigenvalue weighted by molar-refractivity contribution is 7.89. The number of amides is 1. The Morgan fingerprint density at radius 1 is 1.10 bits per heavy atom. The minimum atomic E-state index is -4.15. The molecule has 0 aliphatic carbocycles. The molecule has 0 saturated carbocycles. The highest BCUT2D eigenvalue weighted by Gasteiger charge is 2.32. The fourth-order valence-electron chi connectivity index (χ4n) is 3.31. The lowest BCUT2D eigenvalue weighted by atomic mass is 10.2. The maximum absolute atomic E-state index is 13.6. The summed E-state index contributed by atoms with van der Waals surface area (Å²) in [6.07, 6.45) is 0. The van der Waals surface area contributed by atoms with Gasteiger partial charge in [-0.2, -0.15) is 4.31 Å². The molecule has 0 unspecified atom stereocenters. The second-order valence-corrected chi connectivity index (χ2v) is 8.95. The number of hydrogen-bond acceptors (Lipinski definition) is 6. The molecule has 10 heteroatoms. The normalized spacial score (nSPS) is 14.5. The molecule has 8 nitrogen and oxygen atoms in total. The highest BCUT2D eigenvalue weighted by atomic mass is 32.2. The van der Waals surface area contributed by atoms with Crippen LogP contribution in [-0.4, -0.2) is 70.5 Å². The van der Waals surface area contributed by atoms with E-state index in [0.29, 0.717) is 37.5 Å². The molecule has 3 rings (SSSR count). The van der Waals surface area contributed by atoms with Gasteiger partial charge in [0.2, 0.25) is 15.9 Å². The maximum atomic E-state index is 13.6. The van der Waals surface area contributed by atoms with Gasteiger partial charge in [-0.1, -0.05) is 12.1 Å². The van der Waals surface area contributed by atoms with Gasteiger partial charge in [0.1, 0.15) is 22.2 Å². The van der Waals surface area contributed by atoms with Crippen molar-refractivity contribution in [2.24, 2.45) is 0 Å². The number of rotatable bonds is 8. The first-order chi connectivity index (χ1) is 14.8. The van der Waals surface area contributed by atoms with Gasteiger partial charge in [0.25, 0.3) is 0 Å². The molecule has 0 radical (unpaired) electrons. The minimum Gasteiger partial charge on any atom is -0.497 e. The summed E-state index contributed by atoms with van der Waals surface area (Å²) in [6, 6.07) is 9.95. The van der Waals surface area contributed by atoms with Crippen LogP contribution in [0.25, 0.3) is 0 Å². The lowest BCUT2D eigenvalue weighted by Crippen LogP contribution is -2.50. The molecule has 0 spiro atoms. The average Bonchev–Trinajstić information content (AvgIpc) is 2.80. The van der Waals surface area contributed by atoms with E-state index in [2.05, 4.69) is 5.32 Å². The number of benzene rings is 2. The fraction of sp³-hybridized carbons (Fsp3) is 0.381. The lowest BCUT2D eigenvalue weighted by Gasteiger charge is -2.30. The molecule has 1 saturated heterocycles. The Morgan fingerprint density at radius 2 is 1.77 bits per heavy atom. The van der Waals surface area contributed by atoms with E-state index in [0.717, 1.165) is 4.31 Å². The Hall–Kier alpha value is -2.69. The molecule has 1 N–H and O–H groups in total. The molecule has 1 aliphatic heterocycles. The predicted molar refractivity (Wildman–Crippen MR) is 113 cm³/mol. The fourth-order valence-corrected chi connectivity index (χ4v) is 4.86. The molecule has 1 heterocycles. The molecule has 1 fully saturated rings. The first-order valence-corrected chi connectivity index (χ1v) is 11.2. The van der Waals surface area contributed by atoms with Gasteiger partial charge in [-0.05, 0) is 29.8 Å². The van der Waals surface area contributed by atoms with E-state index in [-0.39, 0.29) is 29.6 Å². The van der Waals surface area contributed by atoms with Crippen molar-refractivity contribution in [3.8, 4) is 11.5 Å². The number of sulfonamides is 1. The lowest BCUT2D eigenvalue weighted by molar-refractivity contribution is -0.132. The van der Waals surface area contributed by atoms with Crippen LogP contribution in [-0.2, 0) is 21.4 Å². The van der Waals surface area contributed by atoms with E-state index in [1.807, 2.05) is 0 Å². The smallest absolute Gasteiger partial charge is 0.247 e. The summed E-state index contributed by atoms with van der Waals surface area (Å²) in [5, 5.41) is 3.16. The number of methoxy groups -OCH3 is 2. The quantitative estimate of drug-likeness (QED) is 0.654. The molecule has 2 aromatic rings. The van der Waals surface area contributed by atoms with Crippen LogP contribution < -0.4 is 14.8 Å². The molecule has 31 heavy (non-hydrogen) atoms. The van der Waals surface area contributed by atoms with E-state index in [1.54, 1.807) is 11.0 Å². The van der Waals surface area contributed by atoms with E-state index < -0.39 is 15.8 Å². The Morgan fingerprint density at radius 3 is 2.39 bits per heavy atom. The number of piperazine rings is 1. The zero-order valence-electron chi connectivity index (χ0n) is 17.5. The van der Waals surface area contributed by atoms with Crippen molar-refractivity contribution in [1.82, 2.24) is 14.5 Å². The zero-order valence-corrected chi connectivity index (χ0v) is 18.3. The number of halogens is 1. The van der Waals surface area contributed by atoms with Crippen LogP contribution in [0.15, 0.2) is 47.4 Å². The Kier molecular flexibility index (Phi) is 7.47. The number of nitrogens with zero attached hydrogens (tertiary/aromatic N) is 2. The average molecular weight is 452 g/mol. The summed E-state index contributed by atoms with van der Waals surface area (Å²) < 4.78 is 52.0. The van der Waals surface area contributed by atoms with Crippen LogP contribution in [0.2, 0.25) is 0 Å². The molecule has 168 valence electrons. The van der Waals surface area contributed by atoms with Gasteiger partial charge < -0.3 is 19.7 Å². The summed E-state index contributed by atoms with van der Waals surface area (Å²) in [5.41, 5.74) is 0.556. The Balaban J connectivity index is 1.97. The first-order valence-electron chi connectivity index (χ1n) is 9.80. The van der Waals surface area contributed by atoms with Crippen LogP contribution in [0.1, 0.15) is 5.56 Å². The van der Waals surface area contributed by atoms with Crippen molar-refractivity contribution >= 4 is 15.9 Å². The van der Waals surface area contributed by atoms with Crippen molar-refractivity contribution in [2.45, 2.75) is 11.4 Å². The zero-order chi connectivity index (χ0) is 22.4. The van der Waals surface area contributed by atoms with Crippen molar-refractivity contribution in [1.29, 1.82) is 0 Å². The molecule has 0 bridgehead atoms. The minimum absolute atomic E-state index is 0.0964. The summed E-state index contributed by atoms with van der Waals surface area (Å²) in [5.74, 6) is -0.243. The number of carbonyl (C=O) groups excluding carboxylic acids is 1. The number of carbonyl (C=O) groups is 1. The van der Waals surface area contributed by atoms with Crippen LogP contribution in [0, 0.1) is 5.82 Å². The van der Waals surface area contributed by atoms with Gasteiger partial charge in [-0.15, -0.1) is 0 Å². The summed E-state index contributed by atoms with van der Waals surface area (Å²) in [7, 11) is -1.34. The van der Waals surface area contributed by atoms with Gasteiger partial charge >= 0.3 is 0 Å². The molecule has 1 aliphatic rings. The first kappa shape index (κ1) is 23.0. The Labute approximate surface area is 181 Å². The molecule has 0 aromatic heterocycles. The van der Waals surface area contributed by atoms with Gasteiger partial charge in [-0.3, -0.25) is 4.79 Å². The standard InChI is InChI=1S/C21H26FN3O5S/c1-29-18-7-8-19(30-2)20(13-18)31(27,28)25(14-16-3-5-17(22)6-4-16)15-21(26)24-11-9-23-10-12-24/h3-8,13,23H,9-12,14-15H2,1-2H3. The van der Waals surface area contributed by atoms with E-state index in [9.17, 15) is 17.6 Å². The van der Waals surface area contributed by atoms with Crippen molar-refractivity contribution in [3.05, 3.63) is 53.8 Å². The van der Waals surface area contributed by atoms with E-state index >= 15 is 0 Å². The molecule has 2 aromatic carbocycles. The Bertz CT molecular complexity index is 1010. The topological polar surface area (TPSA) is 88.2 Å². The van der Waals surface area contributed by atoms with Crippen LogP contribution in [0.3, 0.4) is 0 Å². The van der Waals surface area contributed by atoms with Crippen molar-refractivity contribution in [3.63, 3.8) is 0 Å². The van der Waals surface area contributed by atoms with E-state index in [4.69, 9.17) is 9.47 Å². The van der Waals surface area contributed by atoms with Crippen molar-refractivity contribution in [2.75, 3.05) is 46.9 Å². The molecule has 0 atom stereocenters. The number of ether oxygens (including phenoxy) is 2. The van der Waals surface area contributed by atoms with Crippen LogP contribution >= 0.6 is 0 Å². The largest absolute Gasteiger partial charge is 0.497 e. The molecule has 1 amide bonds. The number of nitrogens with one attached hydrogen (secondary N) is 1. The van der Waals surface area contributed by atoms with Crippen LogP contribution in [0.5, 0.6) is 11.5 Å². The van der Waals surface area contributed by atoms with E-state index in [1.165, 1.54) is 50.6 Å². The van der Waals surface area contributed by atoms with Crippen molar-refractivity contribution < 1.29 is 27.1 Å². The SMILES string of the molecule is COc1ccc(OC)c(S(=O)(=O)N(CC(=O)N2CCNCC2)Cc2ccc(F)cc2)c1. The third-order valence-corrected chi connectivity index (χ3v) is 6.86. The second-order valence-electron chi connectivity index (χ2n) is 7.05. The third-order valence-electron chi connectivity index (χ3n) is 5.04. The monoisotopic (exact) mass is 451 g/mol. The predicted octanol–water partition coefficient (Wildman–Crippen LogP) is 1.47.